The molecule has 0 saturated carbocycles. The zero-order valence-electron chi connectivity index (χ0n) is 9.60. The molecule has 0 aliphatic heterocycles. The van der Waals surface area contributed by atoms with Gasteiger partial charge in [0.1, 0.15) is 6.10 Å². The Hall–Kier alpha value is -1.12. The van der Waals surface area contributed by atoms with Gasteiger partial charge in [-0.3, -0.25) is 0 Å². The molecule has 0 radical (unpaired) electrons. The average Bonchev–Trinajstić information content (AvgIpc) is 2.75. The van der Waals surface area contributed by atoms with Crippen LogP contribution in [0.3, 0.4) is 0 Å². The third kappa shape index (κ3) is 2.18. The second kappa shape index (κ2) is 4.81. The van der Waals surface area contributed by atoms with Crippen molar-refractivity contribution in [2.24, 2.45) is 0 Å². The number of hydrogen-bond acceptors (Lipinski definition) is 2. The highest BCUT2D eigenvalue weighted by atomic mass is 32.1. The van der Waals surface area contributed by atoms with Gasteiger partial charge in [0.25, 0.3) is 0 Å². The van der Waals surface area contributed by atoms with E-state index < -0.39 is 6.10 Å². The zero-order valence-corrected chi connectivity index (χ0v) is 10.4. The molecule has 1 heterocycles. The Bertz CT molecular complexity index is 456. The lowest BCUT2D eigenvalue weighted by molar-refractivity contribution is 0.220. The maximum Gasteiger partial charge on any atom is 0.105 e. The molecule has 84 valence electrons. The Balaban J connectivity index is 2.27. The first kappa shape index (κ1) is 11.4. The largest absolute Gasteiger partial charge is 0.384 e. The number of aliphatic hydroxyl groups excluding tert-OH is 1. The van der Waals surface area contributed by atoms with Crippen molar-refractivity contribution in [3.8, 4) is 0 Å². The van der Waals surface area contributed by atoms with Gasteiger partial charge in [-0.1, -0.05) is 31.2 Å². The van der Waals surface area contributed by atoms with Crippen molar-refractivity contribution in [3.63, 3.8) is 0 Å². The molecule has 16 heavy (non-hydrogen) atoms. The minimum absolute atomic E-state index is 0.489. The van der Waals surface area contributed by atoms with E-state index in [9.17, 15) is 5.11 Å². The van der Waals surface area contributed by atoms with Gasteiger partial charge in [0.2, 0.25) is 0 Å². The Labute approximate surface area is 100 Å². The molecule has 0 saturated heterocycles. The number of thiophene rings is 1. The van der Waals surface area contributed by atoms with E-state index in [2.05, 4.69) is 24.4 Å². The van der Waals surface area contributed by atoms with Gasteiger partial charge in [-0.05, 0) is 46.4 Å². The molecule has 1 unspecified atom stereocenters. The van der Waals surface area contributed by atoms with Crippen LogP contribution in [0.2, 0.25) is 0 Å². The predicted molar refractivity (Wildman–Crippen MR) is 68.9 cm³/mol. The molecule has 0 aliphatic carbocycles. The molecular weight excluding hydrogens is 216 g/mol. The quantitative estimate of drug-likeness (QED) is 0.855. The molecule has 0 spiro atoms. The van der Waals surface area contributed by atoms with Gasteiger partial charge in [0.05, 0.1) is 0 Å². The Kier molecular flexibility index (Phi) is 3.42. The highest BCUT2D eigenvalue weighted by Crippen LogP contribution is 2.27. The summed E-state index contributed by atoms with van der Waals surface area (Å²) in [6.45, 7) is 4.17. The number of rotatable bonds is 3. The van der Waals surface area contributed by atoms with Gasteiger partial charge in [-0.15, -0.1) is 0 Å². The third-order valence-electron chi connectivity index (χ3n) is 2.89. The molecule has 1 aromatic heterocycles. The lowest BCUT2D eigenvalue weighted by Crippen LogP contribution is -1.99. The summed E-state index contributed by atoms with van der Waals surface area (Å²) in [5.74, 6) is 0. The summed E-state index contributed by atoms with van der Waals surface area (Å²) in [5, 5.41) is 14.3. The molecule has 2 heteroatoms. The van der Waals surface area contributed by atoms with Crippen LogP contribution in [0.1, 0.15) is 35.3 Å². The molecule has 2 aromatic rings. The van der Waals surface area contributed by atoms with E-state index in [0.29, 0.717) is 0 Å². The van der Waals surface area contributed by atoms with Crippen LogP contribution in [0, 0.1) is 6.92 Å². The Morgan fingerprint density at radius 1 is 1.19 bits per heavy atom. The SMILES string of the molecule is CCc1ccc(C(O)c2cscc2C)cc1. The highest BCUT2D eigenvalue weighted by molar-refractivity contribution is 7.08. The average molecular weight is 232 g/mol. The zero-order chi connectivity index (χ0) is 11.5. The highest BCUT2D eigenvalue weighted by Gasteiger charge is 2.13. The molecule has 1 N–H and O–H groups in total. The number of aliphatic hydroxyl groups is 1. The van der Waals surface area contributed by atoms with Crippen molar-refractivity contribution in [2.75, 3.05) is 0 Å². The van der Waals surface area contributed by atoms with Gasteiger partial charge in [0.15, 0.2) is 0 Å². The van der Waals surface area contributed by atoms with Crippen LogP contribution in [0.5, 0.6) is 0 Å². The van der Waals surface area contributed by atoms with Crippen LogP contribution < -0.4 is 0 Å². The number of hydrogen-bond donors (Lipinski definition) is 1. The standard InChI is InChI=1S/C14H16OS/c1-3-11-4-6-12(7-5-11)14(15)13-9-16-8-10(13)2/h4-9,14-15H,3H2,1-2H3. The minimum Gasteiger partial charge on any atom is -0.384 e. The van der Waals surface area contributed by atoms with Gasteiger partial charge < -0.3 is 5.11 Å². The molecule has 0 aliphatic rings. The Morgan fingerprint density at radius 2 is 1.88 bits per heavy atom. The molecule has 0 fully saturated rings. The van der Waals surface area contributed by atoms with E-state index in [4.69, 9.17) is 0 Å². The fourth-order valence-electron chi connectivity index (χ4n) is 1.77. The summed E-state index contributed by atoms with van der Waals surface area (Å²) in [7, 11) is 0. The summed E-state index contributed by atoms with van der Waals surface area (Å²) >= 11 is 1.64. The summed E-state index contributed by atoms with van der Waals surface area (Å²) in [4.78, 5) is 0. The summed E-state index contributed by atoms with van der Waals surface area (Å²) in [6, 6.07) is 8.20. The molecule has 2 rings (SSSR count). The van der Waals surface area contributed by atoms with Crippen LogP contribution in [0.15, 0.2) is 35.0 Å². The second-order valence-corrected chi connectivity index (χ2v) is 4.75. The van der Waals surface area contributed by atoms with E-state index in [1.807, 2.05) is 24.4 Å². The van der Waals surface area contributed by atoms with Gasteiger partial charge >= 0.3 is 0 Å². The molecule has 0 bridgehead atoms. The predicted octanol–water partition coefficient (Wildman–Crippen LogP) is 3.70. The number of aryl methyl sites for hydroxylation is 2. The second-order valence-electron chi connectivity index (χ2n) is 4.01. The molecular formula is C14H16OS. The first-order valence-corrected chi connectivity index (χ1v) is 6.46. The van der Waals surface area contributed by atoms with Crippen LogP contribution in [-0.2, 0) is 6.42 Å². The van der Waals surface area contributed by atoms with Crippen molar-refractivity contribution in [1.82, 2.24) is 0 Å². The van der Waals surface area contributed by atoms with Crippen LogP contribution in [0.4, 0.5) is 0 Å². The van der Waals surface area contributed by atoms with Crippen LogP contribution in [0.25, 0.3) is 0 Å². The molecule has 1 aromatic carbocycles. The van der Waals surface area contributed by atoms with Crippen LogP contribution in [-0.4, -0.2) is 5.11 Å². The topological polar surface area (TPSA) is 20.2 Å². The van der Waals surface area contributed by atoms with Crippen LogP contribution >= 0.6 is 11.3 Å². The summed E-state index contributed by atoms with van der Waals surface area (Å²) in [5.41, 5.74) is 4.46. The lowest BCUT2D eigenvalue weighted by atomic mass is 10.00. The molecule has 0 amide bonds. The molecule has 1 atom stereocenters. The van der Waals surface area contributed by atoms with E-state index in [-0.39, 0.29) is 0 Å². The van der Waals surface area contributed by atoms with Crippen molar-refractivity contribution in [2.45, 2.75) is 26.4 Å². The normalized spacial score (nSPS) is 12.7. The van der Waals surface area contributed by atoms with E-state index in [1.165, 1.54) is 5.56 Å². The smallest absolute Gasteiger partial charge is 0.105 e. The van der Waals surface area contributed by atoms with E-state index >= 15 is 0 Å². The first-order chi connectivity index (χ1) is 7.72. The first-order valence-electron chi connectivity index (χ1n) is 5.52. The summed E-state index contributed by atoms with van der Waals surface area (Å²) in [6.07, 6.45) is 0.547. The van der Waals surface area contributed by atoms with Gasteiger partial charge in [-0.2, -0.15) is 11.3 Å². The van der Waals surface area contributed by atoms with Crippen molar-refractivity contribution in [3.05, 3.63) is 57.3 Å². The number of benzene rings is 1. The van der Waals surface area contributed by atoms with Gasteiger partial charge in [-0.25, -0.2) is 0 Å². The fraction of sp³-hybridized carbons (Fsp3) is 0.286. The summed E-state index contributed by atoms with van der Waals surface area (Å²) < 4.78 is 0. The maximum atomic E-state index is 10.2. The molecule has 1 nitrogen and oxygen atoms in total. The Morgan fingerprint density at radius 3 is 2.38 bits per heavy atom. The third-order valence-corrected chi connectivity index (χ3v) is 3.77. The maximum absolute atomic E-state index is 10.2. The van der Waals surface area contributed by atoms with E-state index in [0.717, 1.165) is 23.1 Å². The van der Waals surface area contributed by atoms with Gasteiger partial charge in [0, 0.05) is 0 Å². The van der Waals surface area contributed by atoms with E-state index in [1.54, 1.807) is 11.3 Å². The fourth-order valence-corrected chi connectivity index (χ4v) is 2.64. The monoisotopic (exact) mass is 232 g/mol. The minimum atomic E-state index is -0.489. The lowest BCUT2D eigenvalue weighted by Gasteiger charge is -2.11. The van der Waals surface area contributed by atoms with Crippen molar-refractivity contribution < 1.29 is 5.11 Å². The van der Waals surface area contributed by atoms with Crippen molar-refractivity contribution >= 4 is 11.3 Å². The van der Waals surface area contributed by atoms with Crippen molar-refractivity contribution in [1.29, 1.82) is 0 Å².